The van der Waals surface area contributed by atoms with Crippen molar-refractivity contribution in [2.75, 3.05) is 6.26 Å². The molecule has 0 saturated carbocycles. The monoisotopic (exact) mass is 250 g/mol. The van der Waals surface area contributed by atoms with Crippen LogP contribution in [0.25, 0.3) is 6.08 Å². The van der Waals surface area contributed by atoms with E-state index in [4.69, 9.17) is 5.26 Å². The van der Waals surface area contributed by atoms with Crippen molar-refractivity contribution in [1.82, 2.24) is 0 Å². The summed E-state index contributed by atoms with van der Waals surface area (Å²) in [6, 6.07) is 10.9. The van der Waals surface area contributed by atoms with Crippen LogP contribution in [-0.4, -0.2) is 20.4 Å². The number of rotatable bonds is 4. The number of hydrogen-bond donors (Lipinski definition) is 0. The summed E-state index contributed by atoms with van der Waals surface area (Å²) in [7, 11) is -3.68. The second-order valence-corrected chi connectivity index (χ2v) is 4.67. The van der Waals surface area contributed by atoms with Crippen LogP contribution in [0.15, 0.2) is 41.6 Å². The molecule has 0 radical (unpaired) electrons. The van der Waals surface area contributed by atoms with Crippen molar-refractivity contribution in [2.45, 2.75) is 0 Å². The standard InChI is InChI=1S/C11H10N2O3S/c1-17(14,15)16-13-11(9-12)8-7-10-5-3-2-4-6-10/h2-8H,1H3/b8-7+,13-11-. The van der Waals surface area contributed by atoms with Crippen LogP contribution in [0.5, 0.6) is 0 Å². The summed E-state index contributed by atoms with van der Waals surface area (Å²) in [5.74, 6) is 0. The molecule has 17 heavy (non-hydrogen) atoms. The van der Waals surface area contributed by atoms with E-state index in [2.05, 4.69) is 9.44 Å². The van der Waals surface area contributed by atoms with E-state index >= 15 is 0 Å². The second kappa shape index (κ2) is 5.82. The Balaban J connectivity index is 2.79. The fraction of sp³-hybridized carbons (Fsp3) is 0.0909. The molecular formula is C11H10N2O3S. The Kier molecular flexibility index (Phi) is 4.43. The van der Waals surface area contributed by atoms with Gasteiger partial charge in [0.05, 0.1) is 6.26 Å². The highest BCUT2D eigenvalue weighted by Crippen LogP contribution is 2.01. The molecule has 0 saturated heterocycles. The zero-order valence-electron chi connectivity index (χ0n) is 9.07. The molecule has 0 bridgehead atoms. The smallest absolute Gasteiger partial charge is 0.267 e. The molecule has 0 amide bonds. The Labute approximate surface area is 99.8 Å². The van der Waals surface area contributed by atoms with Gasteiger partial charge in [-0.05, 0) is 11.6 Å². The van der Waals surface area contributed by atoms with Gasteiger partial charge in [0.25, 0.3) is 0 Å². The molecule has 0 fully saturated rings. The number of hydrogen-bond acceptors (Lipinski definition) is 5. The zero-order chi connectivity index (χ0) is 12.7. The molecule has 0 aliphatic carbocycles. The van der Waals surface area contributed by atoms with Crippen molar-refractivity contribution >= 4 is 21.9 Å². The lowest BCUT2D eigenvalue weighted by molar-refractivity contribution is 0.344. The predicted octanol–water partition coefficient (Wildman–Crippen LogP) is 1.56. The molecule has 88 valence electrons. The molecule has 0 atom stereocenters. The highest BCUT2D eigenvalue weighted by molar-refractivity contribution is 7.85. The molecule has 6 heteroatoms. The number of benzene rings is 1. The number of nitrogens with zero attached hydrogens (tertiary/aromatic N) is 2. The van der Waals surface area contributed by atoms with Crippen LogP contribution in [-0.2, 0) is 14.4 Å². The summed E-state index contributed by atoms with van der Waals surface area (Å²) < 4.78 is 25.5. The first-order valence-corrected chi connectivity index (χ1v) is 6.43. The minimum Gasteiger partial charge on any atom is -0.267 e. The molecule has 0 spiro atoms. The zero-order valence-corrected chi connectivity index (χ0v) is 9.89. The lowest BCUT2D eigenvalue weighted by Crippen LogP contribution is -1.99. The third kappa shape index (κ3) is 5.49. The molecule has 0 aliphatic rings. The highest BCUT2D eigenvalue weighted by atomic mass is 32.2. The molecular weight excluding hydrogens is 240 g/mol. The maximum atomic E-state index is 10.7. The van der Waals surface area contributed by atoms with E-state index in [1.54, 1.807) is 12.1 Å². The Morgan fingerprint density at radius 2 is 2.06 bits per heavy atom. The van der Waals surface area contributed by atoms with Crippen LogP contribution in [0, 0.1) is 11.3 Å². The van der Waals surface area contributed by atoms with Gasteiger partial charge in [-0.15, -0.1) is 0 Å². The van der Waals surface area contributed by atoms with Crippen LogP contribution in [0.1, 0.15) is 5.56 Å². The van der Waals surface area contributed by atoms with Crippen LogP contribution < -0.4 is 0 Å². The number of nitriles is 1. The molecule has 0 aliphatic heterocycles. The number of allylic oxidation sites excluding steroid dienone is 1. The summed E-state index contributed by atoms with van der Waals surface area (Å²) >= 11 is 0. The van der Waals surface area contributed by atoms with E-state index in [-0.39, 0.29) is 5.71 Å². The summed E-state index contributed by atoms with van der Waals surface area (Å²) in [5, 5.41) is 11.9. The van der Waals surface area contributed by atoms with Crippen LogP contribution in [0.3, 0.4) is 0 Å². The molecule has 5 nitrogen and oxygen atoms in total. The fourth-order valence-corrected chi connectivity index (χ4v) is 1.15. The topological polar surface area (TPSA) is 79.5 Å². The molecule has 0 aromatic heterocycles. The van der Waals surface area contributed by atoms with Gasteiger partial charge >= 0.3 is 10.1 Å². The van der Waals surface area contributed by atoms with Crippen LogP contribution in [0.4, 0.5) is 0 Å². The Hall–Kier alpha value is -2.13. The normalized spacial score (nSPS) is 12.4. The van der Waals surface area contributed by atoms with Gasteiger partial charge in [-0.3, -0.25) is 4.28 Å². The average molecular weight is 250 g/mol. The van der Waals surface area contributed by atoms with Crippen molar-refractivity contribution in [3.8, 4) is 6.07 Å². The van der Waals surface area contributed by atoms with Gasteiger partial charge in [0, 0.05) is 0 Å². The lowest BCUT2D eigenvalue weighted by atomic mass is 10.2. The molecule has 1 rings (SSSR count). The van der Waals surface area contributed by atoms with Gasteiger partial charge in [0.1, 0.15) is 6.07 Å². The fourth-order valence-electron chi connectivity index (χ4n) is 0.935. The van der Waals surface area contributed by atoms with E-state index in [1.807, 2.05) is 30.3 Å². The third-order valence-electron chi connectivity index (χ3n) is 1.62. The predicted molar refractivity (Wildman–Crippen MR) is 64.5 cm³/mol. The molecule has 1 aromatic carbocycles. The summed E-state index contributed by atoms with van der Waals surface area (Å²) in [5.41, 5.74) is 0.745. The van der Waals surface area contributed by atoms with E-state index < -0.39 is 10.1 Å². The van der Waals surface area contributed by atoms with Gasteiger partial charge < -0.3 is 0 Å². The van der Waals surface area contributed by atoms with Crippen LogP contribution >= 0.6 is 0 Å². The Morgan fingerprint density at radius 1 is 1.41 bits per heavy atom. The minimum atomic E-state index is -3.68. The first-order chi connectivity index (χ1) is 8.01. The van der Waals surface area contributed by atoms with Gasteiger partial charge in [-0.1, -0.05) is 41.6 Å². The van der Waals surface area contributed by atoms with E-state index in [0.717, 1.165) is 11.8 Å². The summed E-state index contributed by atoms with van der Waals surface area (Å²) in [4.78, 5) is 0. The third-order valence-corrected chi connectivity index (χ3v) is 1.96. The molecule has 0 unspecified atom stereocenters. The average Bonchev–Trinajstić information content (AvgIpc) is 2.29. The van der Waals surface area contributed by atoms with Crippen molar-refractivity contribution in [2.24, 2.45) is 5.16 Å². The van der Waals surface area contributed by atoms with Gasteiger partial charge in [-0.25, -0.2) is 0 Å². The second-order valence-electron chi connectivity index (χ2n) is 3.11. The van der Waals surface area contributed by atoms with Crippen molar-refractivity contribution in [3.63, 3.8) is 0 Å². The first kappa shape index (κ1) is 12.9. The largest absolute Gasteiger partial charge is 0.325 e. The van der Waals surface area contributed by atoms with Gasteiger partial charge in [0.2, 0.25) is 0 Å². The highest BCUT2D eigenvalue weighted by Gasteiger charge is 2.00. The maximum absolute atomic E-state index is 10.7. The van der Waals surface area contributed by atoms with Crippen molar-refractivity contribution in [3.05, 3.63) is 42.0 Å². The van der Waals surface area contributed by atoms with Crippen LogP contribution in [0.2, 0.25) is 0 Å². The molecule has 0 heterocycles. The van der Waals surface area contributed by atoms with Gasteiger partial charge in [0.15, 0.2) is 5.71 Å². The van der Waals surface area contributed by atoms with E-state index in [1.165, 1.54) is 6.08 Å². The van der Waals surface area contributed by atoms with Crippen molar-refractivity contribution < 1.29 is 12.7 Å². The minimum absolute atomic E-state index is 0.126. The SMILES string of the molecule is CS(=O)(=O)O/N=C(C#N)/C=C/c1ccccc1. The molecule has 1 aromatic rings. The summed E-state index contributed by atoms with van der Waals surface area (Å²) in [6.45, 7) is 0. The summed E-state index contributed by atoms with van der Waals surface area (Å²) in [6.07, 6.45) is 3.86. The number of oxime groups is 1. The Morgan fingerprint density at radius 3 is 2.59 bits per heavy atom. The molecule has 0 N–H and O–H groups in total. The first-order valence-electron chi connectivity index (χ1n) is 4.61. The lowest BCUT2D eigenvalue weighted by Gasteiger charge is -1.93. The van der Waals surface area contributed by atoms with E-state index in [0.29, 0.717) is 0 Å². The quantitative estimate of drug-likeness (QED) is 0.600. The van der Waals surface area contributed by atoms with E-state index in [9.17, 15) is 8.42 Å². The van der Waals surface area contributed by atoms with Crippen molar-refractivity contribution in [1.29, 1.82) is 5.26 Å². The Bertz CT molecular complexity index is 568. The maximum Gasteiger partial charge on any atom is 0.325 e. The van der Waals surface area contributed by atoms with Gasteiger partial charge in [-0.2, -0.15) is 13.7 Å².